The van der Waals surface area contributed by atoms with Crippen molar-refractivity contribution >= 4 is 11.6 Å². The highest BCUT2D eigenvalue weighted by Gasteiger charge is 2.15. The van der Waals surface area contributed by atoms with Gasteiger partial charge in [0.25, 0.3) is 0 Å². The quantitative estimate of drug-likeness (QED) is 0.587. The van der Waals surface area contributed by atoms with Crippen molar-refractivity contribution in [2.24, 2.45) is 0 Å². The second kappa shape index (κ2) is 12.2. The summed E-state index contributed by atoms with van der Waals surface area (Å²) in [7, 11) is 1.64. The van der Waals surface area contributed by atoms with E-state index in [9.17, 15) is 5.11 Å². The van der Waals surface area contributed by atoms with Gasteiger partial charge in [-0.3, -0.25) is 0 Å². The highest BCUT2D eigenvalue weighted by Crippen LogP contribution is 2.28. The van der Waals surface area contributed by atoms with E-state index in [0.717, 1.165) is 35.8 Å². The summed E-state index contributed by atoms with van der Waals surface area (Å²) in [5.74, 6) is 1.34. The molecule has 0 aromatic heterocycles. The van der Waals surface area contributed by atoms with E-state index in [1.165, 1.54) is 25.7 Å². The van der Waals surface area contributed by atoms with Crippen LogP contribution in [0.1, 0.15) is 36.8 Å². The van der Waals surface area contributed by atoms with Gasteiger partial charge in [0.1, 0.15) is 12.7 Å². The largest absolute Gasteiger partial charge is 0.493 e. The Morgan fingerprint density at radius 3 is 2.43 bits per heavy atom. The number of likely N-dealkylation sites (tertiary alicyclic amines) is 1. The molecule has 0 saturated carbocycles. The Labute approximate surface area is 184 Å². The minimum absolute atomic E-state index is 0.263. The number of methoxy groups -OCH3 is 1. The van der Waals surface area contributed by atoms with Crippen LogP contribution in [0.2, 0.25) is 5.02 Å². The van der Waals surface area contributed by atoms with E-state index in [1.807, 2.05) is 42.5 Å². The van der Waals surface area contributed by atoms with Crippen molar-refractivity contribution < 1.29 is 14.6 Å². The summed E-state index contributed by atoms with van der Waals surface area (Å²) in [5, 5.41) is 14.6. The number of β-amino-alcohol motifs (C(OH)–C–C–N with tert-alkyl or cyclic N) is 1. The number of rotatable bonds is 10. The van der Waals surface area contributed by atoms with Crippen molar-refractivity contribution in [2.75, 3.05) is 33.4 Å². The third-order valence-electron chi connectivity index (χ3n) is 5.37. The Balaban J connectivity index is 1.47. The molecule has 2 aromatic carbocycles. The molecule has 1 heterocycles. The molecule has 3 rings (SSSR count). The fourth-order valence-corrected chi connectivity index (χ4v) is 4.01. The maximum Gasteiger partial charge on any atom is 0.161 e. The lowest BCUT2D eigenvalue weighted by Gasteiger charge is -2.23. The van der Waals surface area contributed by atoms with Gasteiger partial charge in [0.2, 0.25) is 0 Å². The molecule has 5 nitrogen and oxygen atoms in total. The number of ether oxygens (including phenoxy) is 2. The normalized spacial score (nSPS) is 16.1. The number of hydrogen-bond acceptors (Lipinski definition) is 5. The molecule has 1 atom stereocenters. The second-order valence-corrected chi connectivity index (χ2v) is 8.33. The van der Waals surface area contributed by atoms with Crippen molar-refractivity contribution in [3.8, 4) is 11.5 Å². The minimum atomic E-state index is -0.508. The van der Waals surface area contributed by atoms with Crippen LogP contribution in [0.25, 0.3) is 0 Å². The molecule has 0 unspecified atom stereocenters. The van der Waals surface area contributed by atoms with Crippen LogP contribution in [-0.2, 0) is 13.1 Å². The Hall–Kier alpha value is -1.79. The zero-order valence-electron chi connectivity index (χ0n) is 17.8. The van der Waals surface area contributed by atoms with Gasteiger partial charge in [-0.15, -0.1) is 0 Å². The van der Waals surface area contributed by atoms with Crippen molar-refractivity contribution in [2.45, 2.75) is 44.9 Å². The molecule has 6 heteroatoms. The number of aliphatic hydroxyl groups is 1. The standard InChI is InChI=1S/C24H33ClN2O3/c1-29-24-14-20(16-26-15-19-7-6-8-21(25)13-19)9-10-23(24)30-18-22(28)17-27-11-4-2-3-5-12-27/h6-10,13-14,22,26,28H,2-5,11-12,15-18H2,1H3/t22-/m0/s1. The lowest BCUT2D eigenvalue weighted by Crippen LogP contribution is -2.36. The zero-order chi connectivity index (χ0) is 21.2. The average Bonchev–Trinajstić information content (AvgIpc) is 3.01. The molecule has 0 spiro atoms. The van der Waals surface area contributed by atoms with E-state index in [4.69, 9.17) is 21.1 Å². The first-order valence-corrected chi connectivity index (χ1v) is 11.2. The number of halogens is 1. The molecule has 1 aliphatic rings. The number of hydrogen-bond donors (Lipinski definition) is 2. The molecule has 1 aliphatic heterocycles. The number of nitrogens with zero attached hydrogens (tertiary/aromatic N) is 1. The van der Waals surface area contributed by atoms with Crippen LogP contribution in [0.3, 0.4) is 0 Å². The molecule has 0 bridgehead atoms. The second-order valence-electron chi connectivity index (χ2n) is 7.90. The SMILES string of the molecule is COc1cc(CNCc2cccc(Cl)c2)ccc1OC[C@@H](O)CN1CCCCCC1. The summed E-state index contributed by atoms with van der Waals surface area (Å²) >= 11 is 6.03. The monoisotopic (exact) mass is 432 g/mol. The van der Waals surface area contributed by atoms with Crippen LogP contribution in [0.15, 0.2) is 42.5 Å². The summed E-state index contributed by atoms with van der Waals surface area (Å²) in [6.45, 7) is 4.51. The van der Waals surface area contributed by atoms with Crippen LogP contribution in [0.4, 0.5) is 0 Å². The summed E-state index contributed by atoms with van der Waals surface area (Å²) in [4.78, 5) is 2.34. The van der Waals surface area contributed by atoms with Crippen LogP contribution in [0.5, 0.6) is 11.5 Å². The molecule has 0 amide bonds. The highest BCUT2D eigenvalue weighted by molar-refractivity contribution is 6.30. The molecule has 2 N–H and O–H groups in total. The highest BCUT2D eigenvalue weighted by atomic mass is 35.5. The minimum Gasteiger partial charge on any atom is -0.493 e. The molecule has 0 aliphatic carbocycles. The van der Waals surface area contributed by atoms with Gasteiger partial charge < -0.3 is 24.8 Å². The Morgan fingerprint density at radius 2 is 1.73 bits per heavy atom. The molecule has 1 saturated heterocycles. The topological polar surface area (TPSA) is 54.0 Å². The van der Waals surface area contributed by atoms with Crippen molar-refractivity contribution in [1.82, 2.24) is 10.2 Å². The predicted molar refractivity (Wildman–Crippen MR) is 121 cm³/mol. The third-order valence-corrected chi connectivity index (χ3v) is 5.61. The fraction of sp³-hybridized carbons (Fsp3) is 0.500. The first-order valence-electron chi connectivity index (χ1n) is 10.8. The molecular formula is C24H33ClN2O3. The molecule has 2 aromatic rings. The van der Waals surface area contributed by atoms with Gasteiger partial charge in [-0.25, -0.2) is 0 Å². The van der Waals surface area contributed by atoms with Gasteiger partial charge in [-0.05, 0) is 61.3 Å². The van der Waals surface area contributed by atoms with E-state index in [1.54, 1.807) is 7.11 Å². The van der Waals surface area contributed by atoms with E-state index >= 15 is 0 Å². The summed E-state index contributed by atoms with van der Waals surface area (Å²) < 4.78 is 11.4. The molecule has 164 valence electrons. The van der Waals surface area contributed by atoms with Gasteiger partial charge in [0, 0.05) is 24.7 Å². The van der Waals surface area contributed by atoms with E-state index in [2.05, 4.69) is 10.2 Å². The van der Waals surface area contributed by atoms with Gasteiger partial charge in [-0.2, -0.15) is 0 Å². The number of nitrogens with one attached hydrogen (secondary N) is 1. The van der Waals surface area contributed by atoms with Gasteiger partial charge in [0.05, 0.1) is 7.11 Å². The fourth-order valence-electron chi connectivity index (χ4n) is 3.79. The van der Waals surface area contributed by atoms with Gasteiger partial charge in [-0.1, -0.05) is 42.6 Å². The first-order chi connectivity index (χ1) is 14.6. The van der Waals surface area contributed by atoms with Crippen molar-refractivity contribution in [3.63, 3.8) is 0 Å². The van der Waals surface area contributed by atoms with Crippen molar-refractivity contribution in [3.05, 3.63) is 58.6 Å². The zero-order valence-corrected chi connectivity index (χ0v) is 18.5. The van der Waals surface area contributed by atoms with Crippen molar-refractivity contribution in [1.29, 1.82) is 0 Å². The van der Waals surface area contributed by atoms with Crippen LogP contribution in [0, 0.1) is 0 Å². The molecular weight excluding hydrogens is 400 g/mol. The Bertz CT molecular complexity index is 779. The number of benzene rings is 2. The summed E-state index contributed by atoms with van der Waals surface area (Å²) in [5.41, 5.74) is 2.25. The van der Waals surface area contributed by atoms with Gasteiger partial charge in [0.15, 0.2) is 11.5 Å². The predicted octanol–water partition coefficient (Wildman–Crippen LogP) is 4.25. The maximum atomic E-state index is 10.4. The smallest absolute Gasteiger partial charge is 0.161 e. The molecule has 1 fully saturated rings. The van der Waals surface area contributed by atoms with E-state index in [0.29, 0.717) is 24.6 Å². The molecule has 0 radical (unpaired) electrons. The summed E-state index contributed by atoms with van der Waals surface area (Å²) in [6.07, 6.45) is 4.51. The maximum absolute atomic E-state index is 10.4. The summed E-state index contributed by atoms with van der Waals surface area (Å²) in [6, 6.07) is 13.7. The lowest BCUT2D eigenvalue weighted by atomic mass is 10.2. The Kier molecular flexibility index (Phi) is 9.27. The van der Waals surface area contributed by atoms with E-state index in [-0.39, 0.29) is 6.61 Å². The average molecular weight is 433 g/mol. The van der Waals surface area contributed by atoms with Crippen LogP contribution >= 0.6 is 11.6 Å². The van der Waals surface area contributed by atoms with Crippen LogP contribution < -0.4 is 14.8 Å². The van der Waals surface area contributed by atoms with E-state index < -0.39 is 6.10 Å². The Morgan fingerprint density at radius 1 is 1.00 bits per heavy atom. The lowest BCUT2D eigenvalue weighted by molar-refractivity contribution is 0.0683. The first kappa shape index (κ1) is 22.9. The van der Waals surface area contributed by atoms with Gasteiger partial charge >= 0.3 is 0 Å². The van der Waals surface area contributed by atoms with Crippen LogP contribution in [-0.4, -0.2) is 49.5 Å². The molecule has 30 heavy (non-hydrogen) atoms. The third kappa shape index (κ3) is 7.47. The number of aliphatic hydroxyl groups excluding tert-OH is 1.